The Morgan fingerprint density at radius 2 is 2.00 bits per heavy atom. The zero-order chi connectivity index (χ0) is 16.6. The fourth-order valence-electron chi connectivity index (χ4n) is 4.06. The second kappa shape index (κ2) is 6.77. The molecule has 24 heavy (non-hydrogen) atoms. The van der Waals surface area contributed by atoms with Gasteiger partial charge in [0.25, 0.3) is 0 Å². The summed E-state index contributed by atoms with van der Waals surface area (Å²) in [5, 5.41) is 0. The lowest BCUT2D eigenvalue weighted by atomic mass is 9.90. The molecule has 3 fully saturated rings. The molecule has 0 N–H and O–H groups in total. The van der Waals surface area contributed by atoms with Crippen molar-refractivity contribution in [2.75, 3.05) is 32.9 Å². The van der Waals surface area contributed by atoms with E-state index in [9.17, 15) is 4.79 Å². The summed E-state index contributed by atoms with van der Waals surface area (Å²) in [6, 6.07) is 8.35. The first-order valence-corrected chi connectivity index (χ1v) is 9.72. The molecule has 130 valence electrons. The van der Waals surface area contributed by atoms with E-state index < -0.39 is 0 Å². The van der Waals surface area contributed by atoms with E-state index in [-0.39, 0.29) is 11.5 Å². The molecule has 0 bridgehead atoms. The van der Waals surface area contributed by atoms with Crippen LogP contribution >= 0.6 is 15.9 Å². The number of nitrogens with zero attached hydrogens (tertiary/aromatic N) is 1. The largest absolute Gasteiger partial charge is 0.381 e. The van der Waals surface area contributed by atoms with Gasteiger partial charge < -0.3 is 14.4 Å². The van der Waals surface area contributed by atoms with Gasteiger partial charge in [0.2, 0.25) is 5.91 Å². The molecular formula is C19H24BrNO3. The number of halogens is 1. The number of hydrogen-bond acceptors (Lipinski definition) is 3. The molecular weight excluding hydrogens is 370 g/mol. The Morgan fingerprint density at radius 1 is 1.17 bits per heavy atom. The van der Waals surface area contributed by atoms with Crippen molar-refractivity contribution in [3.63, 3.8) is 0 Å². The molecule has 2 saturated heterocycles. The summed E-state index contributed by atoms with van der Waals surface area (Å²) in [6.45, 7) is 3.76. The van der Waals surface area contributed by atoms with Crippen LogP contribution in [0.5, 0.6) is 0 Å². The van der Waals surface area contributed by atoms with E-state index in [1.54, 1.807) is 0 Å². The van der Waals surface area contributed by atoms with Crippen molar-refractivity contribution in [3.8, 4) is 0 Å². The van der Waals surface area contributed by atoms with Gasteiger partial charge in [0, 0.05) is 36.7 Å². The van der Waals surface area contributed by atoms with Gasteiger partial charge in [0.15, 0.2) is 0 Å². The van der Waals surface area contributed by atoms with Crippen molar-refractivity contribution < 1.29 is 14.3 Å². The molecule has 1 saturated carbocycles. The number of hydrogen-bond donors (Lipinski definition) is 0. The summed E-state index contributed by atoms with van der Waals surface area (Å²) in [4.78, 5) is 14.9. The Hall–Kier alpha value is -0.910. The monoisotopic (exact) mass is 393 g/mol. The smallest absolute Gasteiger partial charge is 0.226 e. The highest BCUT2D eigenvalue weighted by atomic mass is 79.9. The Balaban J connectivity index is 1.37. The molecule has 0 unspecified atom stereocenters. The van der Waals surface area contributed by atoms with Crippen molar-refractivity contribution in [1.82, 2.24) is 4.90 Å². The Kier molecular flexibility index (Phi) is 4.67. The van der Waals surface area contributed by atoms with Gasteiger partial charge in [-0.3, -0.25) is 4.79 Å². The van der Waals surface area contributed by atoms with Crippen LogP contribution in [-0.2, 0) is 14.3 Å². The van der Waals surface area contributed by atoms with E-state index in [2.05, 4.69) is 28.1 Å². The lowest BCUT2D eigenvalue weighted by molar-refractivity contribution is -0.132. The lowest BCUT2D eigenvalue weighted by Crippen LogP contribution is -2.40. The predicted molar refractivity (Wildman–Crippen MR) is 94.9 cm³/mol. The SMILES string of the molecule is O=C([C@@H]1C[C@@H]1c1cccc(Br)c1)N1CCOC2(CCOCC2)CC1. The summed E-state index contributed by atoms with van der Waals surface area (Å²) < 4.78 is 12.7. The van der Waals surface area contributed by atoms with Crippen LogP contribution in [-0.4, -0.2) is 49.3 Å². The number of carbonyl (C=O) groups is 1. The predicted octanol–water partition coefficient (Wildman–Crippen LogP) is 3.35. The van der Waals surface area contributed by atoms with E-state index in [0.29, 0.717) is 18.4 Å². The van der Waals surface area contributed by atoms with E-state index in [4.69, 9.17) is 9.47 Å². The van der Waals surface area contributed by atoms with Crippen LogP contribution in [0, 0.1) is 5.92 Å². The maximum absolute atomic E-state index is 12.9. The van der Waals surface area contributed by atoms with Gasteiger partial charge >= 0.3 is 0 Å². The normalized spacial score (nSPS) is 29.3. The number of amides is 1. The standard InChI is InChI=1S/C19H24BrNO3/c20-15-3-1-2-14(12-15)16-13-17(16)18(22)21-7-4-19(24-11-8-21)5-9-23-10-6-19/h1-3,12,16-17H,4-11,13H2/t16-,17-/m1/s1. The summed E-state index contributed by atoms with van der Waals surface area (Å²) >= 11 is 3.52. The molecule has 1 spiro atoms. The van der Waals surface area contributed by atoms with Crippen LogP contribution in [0.15, 0.2) is 28.7 Å². The van der Waals surface area contributed by atoms with Gasteiger partial charge in [-0.25, -0.2) is 0 Å². The quantitative estimate of drug-likeness (QED) is 0.772. The maximum atomic E-state index is 12.9. The van der Waals surface area contributed by atoms with E-state index in [1.165, 1.54) is 5.56 Å². The second-order valence-corrected chi connectivity index (χ2v) is 8.14. The van der Waals surface area contributed by atoms with Crippen molar-refractivity contribution in [3.05, 3.63) is 34.3 Å². The van der Waals surface area contributed by atoms with Crippen molar-refractivity contribution in [2.45, 2.75) is 37.2 Å². The average molecular weight is 394 g/mol. The minimum absolute atomic E-state index is 0.0550. The topological polar surface area (TPSA) is 38.8 Å². The lowest BCUT2D eigenvalue weighted by Gasteiger charge is -2.35. The Morgan fingerprint density at radius 3 is 2.79 bits per heavy atom. The van der Waals surface area contributed by atoms with Gasteiger partial charge in [0.1, 0.15) is 0 Å². The van der Waals surface area contributed by atoms with Crippen LogP contribution in [0.2, 0.25) is 0 Å². The first-order chi connectivity index (χ1) is 11.7. The van der Waals surface area contributed by atoms with Crippen molar-refractivity contribution >= 4 is 21.8 Å². The fourth-order valence-corrected chi connectivity index (χ4v) is 4.48. The minimum atomic E-state index is -0.0550. The second-order valence-electron chi connectivity index (χ2n) is 7.22. The third kappa shape index (κ3) is 3.39. The first kappa shape index (κ1) is 16.6. The van der Waals surface area contributed by atoms with Crippen LogP contribution in [0.4, 0.5) is 0 Å². The van der Waals surface area contributed by atoms with Crippen LogP contribution in [0.1, 0.15) is 37.2 Å². The third-order valence-electron chi connectivity index (χ3n) is 5.71. The summed E-state index contributed by atoms with van der Waals surface area (Å²) in [6.07, 6.45) is 3.83. The summed E-state index contributed by atoms with van der Waals surface area (Å²) in [7, 11) is 0. The maximum Gasteiger partial charge on any atom is 0.226 e. The van der Waals surface area contributed by atoms with Crippen LogP contribution in [0.3, 0.4) is 0 Å². The third-order valence-corrected chi connectivity index (χ3v) is 6.20. The molecule has 3 aliphatic rings. The van der Waals surface area contributed by atoms with Gasteiger partial charge in [-0.05, 0) is 49.3 Å². The Bertz CT molecular complexity index is 614. The highest BCUT2D eigenvalue weighted by Crippen LogP contribution is 2.49. The molecule has 1 aliphatic carbocycles. The van der Waals surface area contributed by atoms with Crippen molar-refractivity contribution in [1.29, 1.82) is 0 Å². The number of benzene rings is 1. The molecule has 1 amide bonds. The van der Waals surface area contributed by atoms with Gasteiger partial charge in [-0.15, -0.1) is 0 Å². The van der Waals surface area contributed by atoms with E-state index in [0.717, 1.165) is 56.5 Å². The molecule has 2 aliphatic heterocycles. The van der Waals surface area contributed by atoms with Gasteiger partial charge in [-0.2, -0.15) is 0 Å². The molecule has 0 aromatic heterocycles. The number of carbonyl (C=O) groups excluding carboxylic acids is 1. The highest BCUT2D eigenvalue weighted by molar-refractivity contribution is 9.10. The molecule has 4 nitrogen and oxygen atoms in total. The van der Waals surface area contributed by atoms with E-state index in [1.807, 2.05) is 17.0 Å². The zero-order valence-corrected chi connectivity index (χ0v) is 15.5. The molecule has 2 heterocycles. The number of ether oxygens (including phenoxy) is 2. The number of rotatable bonds is 2. The summed E-state index contributed by atoms with van der Waals surface area (Å²) in [5.41, 5.74) is 1.22. The Labute approximate surface area is 151 Å². The minimum Gasteiger partial charge on any atom is -0.381 e. The van der Waals surface area contributed by atoms with Gasteiger partial charge in [-0.1, -0.05) is 28.1 Å². The zero-order valence-electron chi connectivity index (χ0n) is 13.9. The van der Waals surface area contributed by atoms with E-state index >= 15 is 0 Å². The summed E-state index contributed by atoms with van der Waals surface area (Å²) in [5.74, 6) is 0.854. The molecule has 1 aromatic rings. The average Bonchev–Trinajstić information content (AvgIpc) is 3.40. The molecule has 5 heteroatoms. The van der Waals surface area contributed by atoms with Gasteiger partial charge in [0.05, 0.1) is 12.2 Å². The van der Waals surface area contributed by atoms with Crippen LogP contribution < -0.4 is 0 Å². The highest BCUT2D eigenvalue weighted by Gasteiger charge is 2.46. The molecule has 4 rings (SSSR count). The molecule has 0 radical (unpaired) electrons. The van der Waals surface area contributed by atoms with Crippen LogP contribution in [0.25, 0.3) is 0 Å². The molecule has 1 aromatic carbocycles. The molecule has 2 atom stereocenters. The fraction of sp³-hybridized carbons (Fsp3) is 0.632. The van der Waals surface area contributed by atoms with Crippen molar-refractivity contribution in [2.24, 2.45) is 5.92 Å². The first-order valence-electron chi connectivity index (χ1n) is 8.93.